The molecule has 1 aromatic carbocycles. The van der Waals surface area contributed by atoms with Crippen LogP contribution in [0.25, 0.3) is 33.5 Å². The Morgan fingerprint density at radius 3 is 2.48 bits per heavy atom. The Hall–Kier alpha value is -2.53. The summed E-state index contributed by atoms with van der Waals surface area (Å²) >= 11 is 3.42. The zero-order chi connectivity index (χ0) is 19.2. The first-order valence-electron chi connectivity index (χ1n) is 8.77. The first kappa shape index (κ1) is 17.9. The lowest BCUT2D eigenvalue weighted by Crippen LogP contribution is -2.12. The molecule has 0 aliphatic carbocycles. The molecule has 4 aromatic rings. The van der Waals surface area contributed by atoms with Gasteiger partial charge in [0.2, 0.25) is 11.1 Å². The Kier molecular flexibility index (Phi) is 4.35. The predicted octanol–water partition coefficient (Wildman–Crippen LogP) is 5.60. The fourth-order valence-electron chi connectivity index (χ4n) is 3.04. The van der Waals surface area contributed by atoms with Crippen LogP contribution in [-0.4, -0.2) is 9.97 Å². The van der Waals surface area contributed by atoms with Crippen LogP contribution >= 0.6 is 15.9 Å². The number of aromatic nitrogens is 2. The number of fused-ring (bicyclic) bond motifs is 2. The van der Waals surface area contributed by atoms with Crippen LogP contribution < -0.4 is 5.43 Å². The van der Waals surface area contributed by atoms with E-state index < -0.39 is 0 Å². The van der Waals surface area contributed by atoms with Gasteiger partial charge in [0.25, 0.3) is 0 Å². The number of hydrogen-bond donors (Lipinski definition) is 0. The van der Waals surface area contributed by atoms with E-state index in [1.807, 2.05) is 42.5 Å². The first-order chi connectivity index (χ1) is 12.9. The zero-order valence-corrected chi connectivity index (χ0v) is 17.0. The molecule has 0 saturated carbocycles. The first-order valence-corrected chi connectivity index (χ1v) is 9.89. The standard InChI is InChI=1S/C22H19BrN2O2/c1-22(2,3)13-7-10-19-16(11-13)20(26)15-8-9-18(25-21(15)27-19)17-6-4-5-14(12-23)24-17/h4-11H,12H2,1-3H3. The Labute approximate surface area is 165 Å². The molecule has 0 aliphatic heterocycles. The highest BCUT2D eigenvalue weighted by Gasteiger charge is 2.17. The van der Waals surface area contributed by atoms with E-state index in [2.05, 4.69) is 46.7 Å². The van der Waals surface area contributed by atoms with E-state index in [4.69, 9.17) is 4.42 Å². The van der Waals surface area contributed by atoms with Gasteiger partial charge in [0, 0.05) is 5.33 Å². The second-order valence-corrected chi connectivity index (χ2v) is 8.15. The second kappa shape index (κ2) is 6.57. The average molecular weight is 423 g/mol. The highest BCUT2D eigenvalue weighted by atomic mass is 79.9. The monoisotopic (exact) mass is 422 g/mol. The molecule has 0 bridgehead atoms. The van der Waals surface area contributed by atoms with Crippen molar-refractivity contribution in [1.29, 1.82) is 0 Å². The number of halogens is 1. The minimum absolute atomic E-state index is 0.0379. The Bertz CT molecular complexity index is 1220. The Balaban J connectivity index is 1.92. The van der Waals surface area contributed by atoms with Gasteiger partial charge in [0.05, 0.1) is 27.9 Å². The average Bonchev–Trinajstić information content (AvgIpc) is 2.67. The maximum atomic E-state index is 13.0. The van der Waals surface area contributed by atoms with Gasteiger partial charge in [0.15, 0.2) is 0 Å². The number of hydrogen-bond acceptors (Lipinski definition) is 4. The lowest BCUT2D eigenvalue weighted by atomic mass is 9.86. The summed E-state index contributed by atoms with van der Waals surface area (Å²) in [5.74, 6) is 0. The van der Waals surface area contributed by atoms with Crippen LogP contribution in [-0.2, 0) is 10.7 Å². The number of benzene rings is 1. The quantitative estimate of drug-likeness (QED) is 0.311. The van der Waals surface area contributed by atoms with E-state index in [-0.39, 0.29) is 10.8 Å². The number of rotatable bonds is 2. The summed E-state index contributed by atoms with van der Waals surface area (Å²) in [6.45, 7) is 6.37. The highest BCUT2D eigenvalue weighted by Crippen LogP contribution is 2.27. The third-order valence-electron chi connectivity index (χ3n) is 4.61. The van der Waals surface area contributed by atoms with E-state index in [0.29, 0.717) is 33.1 Å². The summed E-state index contributed by atoms with van der Waals surface area (Å²) in [5.41, 5.74) is 4.24. The fourth-order valence-corrected chi connectivity index (χ4v) is 3.35. The van der Waals surface area contributed by atoms with Crippen LogP contribution in [0.4, 0.5) is 0 Å². The molecule has 0 radical (unpaired) electrons. The number of pyridine rings is 2. The van der Waals surface area contributed by atoms with Gasteiger partial charge >= 0.3 is 0 Å². The van der Waals surface area contributed by atoms with Crippen molar-refractivity contribution in [2.75, 3.05) is 0 Å². The molecule has 0 saturated heterocycles. The molecule has 3 heterocycles. The van der Waals surface area contributed by atoms with E-state index in [9.17, 15) is 4.79 Å². The maximum absolute atomic E-state index is 13.0. The van der Waals surface area contributed by atoms with Gasteiger partial charge in [-0.1, -0.05) is 48.8 Å². The molecule has 0 N–H and O–H groups in total. The molecule has 0 unspecified atom stereocenters. The van der Waals surface area contributed by atoms with Gasteiger partial charge < -0.3 is 4.42 Å². The van der Waals surface area contributed by atoms with Crippen molar-refractivity contribution in [2.45, 2.75) is 31.5 Å². The van der Waals surface area contributed by atoms with Gasteiger partial charge in [-0.3, -0.25) is 9.78 Å². The number of nitrogens with zero attached hydrogens (tertiary/aromatic N) is 2. The van der Waals surface area contributed by atoms with Crippen molar-refractivity contribution in [3.8, 4) is 11.4 Å². The zero-order valence-electron chi connectivity index (χ0n) is 15.4. The van der Waals surface area contributed by atoms with E-state index in [1.54, 1.807) is 6.07 Å². The van der Waals surface area contributed by atoms with Crippen molar-refractivity contribution in [3.05, 3.63) is 70.0 Å². The van der Waals surface area contributed by atoms with Crippen LogP contribution in [0, 0.1) is 0 Å². The molecule has 0 aliphatic rings. The molecule has 4 nitrogen and oxygen atoms in total. The largest absolute Gasteiger partial charge is 0.437 e. The summed E-state index contributed by atoms with van der Waals surface area (Å²) in [7, 11) is 0. The van der Waals surface area contributed by atoms with E-state index in [0.717, 1.165) is 17.0 Å². The molecule has 0 atom stereocenters. The van der Waals surface area contributed by atoms with E-state index >= 15 is 0 Å². The van der Waals surface area contributed by atoms with Crippen LogP contribution in [0.2, 0.25) is 0 Å². The minimum Gasteiger partial charge on any atom is -0.437 e. The van der Waals surface area contributed by atoms with Crippen molar-refractivity contribution >= 4 is 38.0 Å². The van der Waals surface area contributed by atoms with Crippen LogP contribution in [0.3, 0.4) is 0 Å². The van der Waals surface area contributed by atoms with Crippen LogP contribution in [0.1, 0.15) is 32.0 Å². The summed E-state index contributed by atoms with van der Waals surface area (Å²) in [4.78, 5) is 22.1. The van der Waals surface area contributed by atoms with Gasteiger partial charge in [-0.2, -0.15) is 0 Å². The van der Waals surface area contributed by atoms with Crippen molar-refractivity contribution in [3.63, 3.8) is 0 Å². The molecule has 0 spiro atoms. The summed E-state index contributed by atoms with van der Waals surface area (Å²) in [5, 5.41) is 1.74. The topological polar surface area (TPSA) is 56.0 Å². The highest BCUT2D eigenvalue weighted by molar-refractivity contribution is 9.08. The lowest BCUT2D eigenvalue weighted by Gasteiger charge is -2.19. The summed E-state index contributed by atoms with van der Waals surface area (Å²) in [6.07, 6.45) is 0. The van der Waals surface area contributed by atoms with E-state index in [1.165, 1.54) is 0 Å². The third-order valence-corrected chi connectivity index (χ3v) is 5.18. The van der Waals surface area contributed by atoms with Crippen LogP contribution in [0.15, 0.2) is 57.7 Å². The SMILES string of the molecule is CC(C)(C)c1ccc2oc3nc(-c4cccc(CBr)n4)ccc3c(=O)c2c1. The molecule has 0 amide bonds. The second-order valence-electron chi connectivity index (χ2n) is 7.59. The lowest BCUT2D eigenvalue weighted by molar-refractivity contribution is 0.589. The van der Waals surface area contributed by atoms with Gasteiger partial charge in [-0.25, -0.2) is 4.98 Å². The molecular formula is C22H19BrN2O2. The van der Waals surface area contributed by atoms with Gasteiger partial charge in [-0.15, -0.1) is 0 Å². The Morgan fingerprint density at radius 1 is 0.963 bits per heavy atom. The smallest absolute Gasteiger partial charge is 0.231 e. The van der Waals surface area contributed by atoms with Gasteiger partial charge in [-0.05, 0) is 47.4 Å². The fraction of sp³-hybridized carbons (Fsp3) is 0.227. The third kappa shape index (κ3) is 3.28. The number of alkyl halides is 1. The molecule has 3 aromatic heterocycles. The minimum atomic E-state index is -0.0569. The Morgan fingerprint density at radius 2 is 1.74 bits per heavy atom. The summed E-state index contributed by atoms with van der Waals surface area (Å²) in [6, 6.07) is 15.2. The normalized spacial score (nSPS) is 12.0. The van der Waals surface area contributed by atoms with Gasteiger partial charge in [0.1, 0.15) is 5.58 Å². The summed E-state index contributed by atoms with van der Waals surface area (Å²) < 4.78 is 5.97. The molecule has 27 heavy (non-hydrogen) atoms. The molecule has 5 heteroatoms. The van der Waals surface area contributed by atoms with Crippen molar-refractivity contribution in [2.24, 2.45) is 0 Å². The molecule has 0 fully saturated rings. The van der Waals surface area contributed by atoms with Crippen molar-refractivity contribution in [1.82, 2.24) is 9.97 Å². The van der Waals surface area contributed by atoms with Crippen molar-refractivity contribution < 1.29 is 4.42 Å². The molecular weight excluding hydrogens is 404 g/mol. The predicted molar refractivity (Wildman–Crippen MR) is 112 cm³/mol. The maximum Gasteiger partial charge on any atom is 0.231 e. The molecule has 136 valence electrons. The van der Waals surface area contributed by atoms with Crippen LogP contribution in [0.5, 0.6) is 0 Å². The molecule has 4 rings (SSSR count).